The van der Waals surface area contributed by atoms with E-state index in [1.54, 1.807) is 6.07 Å². The molecule has 2 rings (SSSR count). The number of aliphatic hydroxyl groups excluding tert-OH is 1. The Hall–Kier alpha value is -2.08. The van der Waals surface area contributed by atoms with Gasteiger partial charge < -0.3 is 10.2 Å². The van der Waals surface area contributed by atoms with Crippen molar-refractivity contribution in [2.45, 2.75) is 18.7 Å². The molecule has 0 saturated heterocycles. The van der Waals surface area contributed by atoms with E-state index in [4.69, 9.17) is 0 Å². The monoisotopic (exact) mass is 300 g/mol. The highest BCUT2D eigenvalue weighted by Crippen LogP contribution is 2.36. The number of phenols is 1. The highest BCUT2D eigenvalue weighted by Gasteiger charge is 2.35. The molecule has 0 radical (unpaired) electrons. The van der Waals surface area contributed by atoms with Crippen molar-refractivity contribution in [1.82, 2.24) is 0 Å². The molecule has 0 aliphatic rings. The third-order valence-electron chi connectivity index (χ3n) is 3.02. The normalized spacial score (nSPS) is 13.2. The van der Waals surface area contributed by atoms with Crippen molar-refractivity contribution in [2.75, 3.05) is 0 Å². The van der Waals surface area contributed by atoms with E-state index in [-0.39, 0.29) is 12.2 Å². The van der Waals surface area contributed by atoms with Crippen LogP contribution in [0.3, 0.4) is 0 Å². The van der Waals surface area contributed by atoms with Crippen LogP contribution in [0.4, 0.5) is 17.6 Å². The lowest BCUT2D eigenvalue weighted by Crippen LogP contribution is -2.13. The lowest BCUT2D eigenvalue weighted by atomic mass is 9.96. The van der Waals surface area contributed by atoms with Crippen LogP contribution in [0, 0.1) is 5.82 Å². The summed E-state index contributed by atoms with van der Waals surface area (Å²) in [5, 5.41) is 19.3. The van der Waals surface area contributed by atoms with E-state index in [0.29, 0.717) is 23.8 Å². The molecule has 0 bridgehead atoms. The summed E-state index contributed by atoms with van der Waals surface area (Å²) in [6.07, 6.45) is -6.37. The predicted octanol–water partition coefficient (Wildman–Crippen LogP) is 3.83. The number of halogens is 4. The quantitative estimate of drug-likeness (QED) is 0.846. The van der Waals surface area contributed by atoms with Crippen molar-refractivity contribution in [3.05, 3.63) is 65.0 Å². The van der Waals surface area contributed by atoms with Crippen LogP contribution in [0.15, 0.2) is 42.5 Å². The van der Waals surface area contributed by atoms with E-state index in [1.807, 2.05) is 0 Å². The summed E-state index contributed by atoms with van der Waals surface area (Å²) in [5.41, 5.74) is -1.15. The van der Waals surface area contributed by atoms with E-state index >= 15 is 0 Å². The van der Waals surface area contributed by atoms with Crippen molar-refractivity contribution in [3.63, 3.8) is 0 Å². The maximum atomic E-state index is 13.2. The summed E-state index contributed by atoms with van der Waals surface area (Å²) in [5.74, 6) is -0.914. The second-order valence-corrected chi connectivity index (χ2v) is 4.62. The lowest BCUT2D eigenvalue weighted by molar-refractivity contribution is -0.139. The average molecular weight is 300 g/mol. The van der Waals surface area contributed by atoms with Crippen molar-refractivity contribution >= 4 is 0 Å². The lowest BCUT2D eigenvalue weighted by Gasteiger charge is -2.18. The molecule has 2 aromatic rings. The number of benzene rings is 2. The Morgan fingerprint density at radius 1 is 1.05 bits per heavy atom. The van der Waals surface area contributed by atoms with E-state index in [0.717, 1.165) is 0 Å². The summed E-state index contributed by atoms with van der Waals surface area (Å²) >= 11 is 0. The largest absolute Gasteiger partial charge is 0.508 e. The minimum atomic E-state index is -4.68. The first kappa shape index (κ1) is 15.3. The van der Waals surface area contributed by atoms with Gasteiger partial charge in [0.25, 0.3) is 0 Å². The second kappa shape index (κ2) is 5.73. The van der Waals surface area contributed by atoms with Crippen molar-refractivity contribution in [3.8, 4) is 5.75 Å². The van der Waals surface area contributed by atoms with Crippen molar-refractivity contribution in [1.29, 1.82) is 0 Å². The Kier molecular flexibility index (Phi) is 4.18. The van der Waals surface area contributed by atoms with Crippen LogP contribution >= 0.6 is 0 Å². The van der Waals surface area contributed by atoms with Crippen LogP contribution < -0.4 is 0 Å². The van der Waals surface area contributed by atoms with Gasteiger partial charge >= 0.3 is 6.18 Å². The summed E-state index contributed by atoms with van der Waals surface area (Å²) in [4.78, 5) is 0. The van der Waals surface area contributed by atoms with Gasteiger partial charge in [0, 0.05) is 6.42 Å². The topological polar surface area (TPSA) is 40.5 Å². The molecule has 1 unspecified atom stereocenters. The van der Waals surface area contributed by atoms with Gasteiger partial charge in [0.15, 0.2) is 0 Å². The molecule has 0 spiro atoms. The molecule has 0 aromatic heterocycles. The Bertz CT molecular complexity index is 638. The molecular weight excluding hydrogens is 288 g/mol. The minimum Gasteiger partial charge on any atom is -0.508 e. The van der Waals surface area contributed by atoms with Gasteiger partial charge in [-0.25, -0.2) is 4.39 Å². The van der Waals surface area contributed by atoms with E-state index in [2.05, 4.69) is 0 Å². The van der Waals surface area contributed by atoms with E-state index in [9.17, 15) is 27.8 Å². The molecule has 2 N–H and O–H groups in total. The minimum absolute atomic E-state index is 0.0602. The number of aromatic hydroxyl groups is 1. The Morgan fingerprint density at radius 3 is 2.38 bits per heavy atom. The molecule has 112 valence electrons. The van der Waals surface area contributed by atoms with Gasteiger partial charge in [0.05, 0.1) is 11.7 Å². The maximum Gasteiger partial charge on any atom is 0.416 e. The zero-order valence-electron chi connectivity index (χ0n) is 10.7. The molecule has 2 nitrogen and oxygen atoms in total. The van der Waals surface area contributed by atoms with Crippen molar-refractivity contribution < 1.29 is 27.8 Å². The fourth-order valence-corrected chi connectivity index (χ4v) is 2.08. The van der Waals surface area contributed by atoms with E-state index in [1.165, 1.54) is 18.2 Å². The number of phenolic OH excluding ortho intramolecular Hbond substituents is 1. The molecule has 0 fully saturated rings. The molecule has 2 aromatic carbocycles. The van der Waals surface area contributed by atoms with Crippen LogP contribution in [-0.2, 0) is 12.6 Å². The summed E-state index contributed by atoms with van der Waals surface area (Å²) in [7, 11) is 0. The Balaban J connectivity index is 2.34. The molecule has 0 amide bonds. The Morgan fingerprint density at radius 2 is 1.76 bits per heavy atom. The smallest absolute Gasteiger partial charge is 0.416 e. The third kappa shape index (κ3) is 3.72. The number of hydrogen-bond acceptors (Lipinski definition) is 2. The predicted molar refractivity (Wildman–Crippen MR) is 68.2 cm³/mol. The molecule has 1 atom stereocenters. The van der Waals surface area contributed by atoms with Gasteiger partial charge in [-0.05, 0) is 41.5 Å². The number of rotatable bonds is 3. The van der Waals surface area contributed by atoms with Crippen LogP contribution in [0.2, 0.25) is 0 Å². The molecule has 0 aliphatic heterocycles. The summed E-state index contributed by atoms with van der Waals surface area (Å²) in [6, 6.07) is 7.78. The van der Waals surface area contributed by atoms with Crippen LogP contribution in [0.25, 0.3) is 0 Å². The number of aliphatic hydroxyl groups is 1. The standard InChI is InChI=1S/C15H12F4O2/c16-10-4-5-13(15(17,18)19)12(8-10)14(21)7-9-2-1-3-11(20)6-9/h1-6,8,14,20-21H,7H2. The summed E-state index contributed by atoms with van der Waals surface area (Å²) < 4.78 is 51.8. The fourth-order valence-electron chi connectivity index (χ4n) is 2.08. The molecule has 0 heterocycles. The van der Waals surface area contributed by atoms with Gasteiger partial charge in [-0.15, -0.1) is 0 Å². The molecular formula is C15H12F4O2. The molecule has 0 aliphatic carbocycles. The van der Waals surface area contributed by atoms with Gasteiger partial charge in [0.1, 0.15) is 11.6 Å². The second-order valence-electron chi connectivity index (χ2n) is 4.62. The van der Waals surface area contributed by atoms with E-state index < -0.39 is 29.2 Å². The van der Waals surface area contributed by atoms with Gasteiger partial charge in [-0.1, -0.05) is 12.1 Å². The average Bonchev–Trinajstić information content (AvgIpc) is 2.37. The zero-order chi connectivity index (χ0) is 15.6. The highest BCUT2D eigenvalue weighted by atomic mass is 19.4. The first-order chi connectivity index (χ1) is 9.77. The zero-order valence-corrected chi connectivity index (χ0v) is 10.7. The Labute approximate surface area is 118 Å². The van der Waals surface area contributed by atoms with Gasteiger partial charge in [-0.2, -0.15) is 13.2 Å². The van der Waals surface area contributed by atoms with Crippen LogP contribution in [0.1, 0.15) is 22.8 Å². The van der Waals surface area contributed by atoms with Gasteiger partial charge in [-0.3, -0.25) is 0 Å². The molecule has 0 saturated carbocycles. The van der Waals surface area contributed by atoms with Crippen molar-refractivity contribution in [2.24, 2.45) is 0 Å². The highest BCUT2D eigenvalue weighted by molar-refractivity contribution is 5.34. The molecule has 21 heavy (non-hydrogen) atoms. The first-order valence-corrected chi connectivity index (χ1v) is 6.10. The van der Waals surface area contributed by atoms with Crippen LogP contribution in [0.5, 0.6) is 5.75 Å². The number of hydrogen-bond donors (Lipinski definition) is 2. The van der Waals surface area contributed by atoms with Crippen LogP contribution in [-0.4, -0.2) is 10.2 Å². The SMILES string of the molecule is Oc1cccc(CC(O)c2cc(F)ccc2C(F)(F)F)c1. The summed E-state index contributed by atoms with van der Waals surface area (Å²) in [6.45, 7) is 0. The number of alkyl halides is 3. The first-order valence-electron chi connectivity index (χ1n) is 6.10. The maximum absolute atomic E-state index is 13.2. The fraction of sp³-hybridized carbons (Fsp3) is 0.200. The third-order valence-corrected chi connectivity index (χ3v) is 3.02. The van der Waals surface area contributed by atoms with Gasteiger partial charge in [0.2, 0.25) is 0 Å². The molecule has 6 heteroatoms.